The van der Waals surface area contributed by atoms with Crippen molar-refractivity contribution in [3.63, 3.8) is 0 Å². The van der Waals surface area contributed by atoms with Crippen LogP contribution in [0.1, 0.15) is 11.1 Å². The van der Waals surface area contributed by atoms with Crippen molar-refractivity contribution in [2.24, 2.45) is 0 Å². The first-order valence-corrected chi connectivity index (χ1v) is 7.16. The summed E-state index contributed by atoms with van der Waals surface area (Å²) in [6, 6.07) is 8.68. The monoisotopic (exact) mass is 320 g/mol. The summed E-state index contributed by atoms with van der Waals surface area (Å²) in [5.41, 5.74) is 2.71. The van der Waals surface area contributed by atoms with Crippen molar-refractivity contribution in [2.45, 2.75) is 13.8 Å². The van der Waals surface area contributed by atoms with Crippen molar-refractivity contribution in [2.75, 3.05) is 18.5 Å². The van der Waals surface area contributed by atoms with Crippen LogP contribution in [0.3, 0.4) is 0 Å². The van der Waals surface area contributed by atoms with Crippen molar-refractivity contribution in [3.05, 3.63) is 59.2 Å². The van der Waals surface area contributed by atoms with Crippen LogP contribution in [0.4, 0.5) is 19.3 Å². The molecule has 0 saturated carbocycles. The van der Waals surface area contributed by atoms with Gasteiger partial charge in [-0.1, -0.05) is 18.2 Å². The van der Waals surface area contributed by atoms with Gasteiger partial charge in [0.1, 0.15) is 12.4 Å². The third kappa shape index (κ3) is 4.67. The van der Waals surface area contributed by atoms with Gasteiger partial charge in [-0.3, -0.25) is 0 Å². The number of aryl methyl sites for hydroxylation is 2. The van der Waals surface area contributed by atoms with Gasteiger partial charge in [0.05, 0.1) is 6.54 Å². The maximum atomic E-state index is 13.0. The van der Waals surface area contributed by atoms with Gasteiger partial charge in [-0.25, -0.2) is 13.6 Å². The molecule has 0 bridgehead atoms. The molecule has 6 heteroatoms. The Morgan fingerprint density at radius 2 is 1.78 bits per heavy atom. The number of benzene rings is 2. The van der Waals surface area contributed by atoms with Gasteiger partial charge < -0.3 is 15.4 Å². The summed E-state index contributed by atoms with van der Waals surface area (Å²) < 4.78 is 31.0. The highest BCUT2D eigenvalue weighted by atomic mass is 19.2. The Morgan fingerprint density at radius 3 is 2.43 bits per heavy atom. The quantitative estimate of drug-likeness (QED) is 0.824. The molecule has 0 atom stereocenters. The minimum absolute atomic E-state index is 0.144. The molecule has 23 heavy (non-hydrogen) atoms. The fourth-order valence-electron chi connectivity index (χ4n) is 2.07. The largest absolute Gasteiger partial charge is 0.492 e. The highest BCUT2D eigenvalue weighted by molar-refractivity contribution is 5.90. The number of hydrogen-bond acceptors (Lipinski definition) is 2. The van der Waals surface area contributed by atoms with Crippen molar-refractivity contribution in [3.8, 4) is 5.75 Å². The lowest BCUT2D eigenvalue weighted by atomic mass is 10.1. The molecule has 0 aliphatic heterocycles. The molecule has 0 unspecified atom stereocenters. The van der Waals surface area contributed by atoms with Crippen LogP contribution in [0.5, 0.6) is 5.75 Å². The second kappa shape index (κ2) is 7.58. The molecule has 0 saturated heterocycles. The fraction of sp³-hybridized carbons (Fsp3) is 0.235. The van der Waals surface area contributed by atoms with Crippen molar-refractivity contribution >= 4 is 11.7 Å². The predicted molar refractivity (Wildman–Crippen MR) is 84.8 cm³/mol. The highest BCUT2D eigenvalue weighted by Gasteiger charge is 2.07. The zero-order chi connectivity index (χ0) is 16.8. The van der Waals surface area contributed by atoms with Gasteiger partial charge >= 0.3 is 6.03 Å². The minimum atomic E-state index is -0.969. The van der Waals surface area contributed by atoms with Crippen molar-refractivity contribution in [1.29, 1.82) is 0 Å². The van der Waals surface area contributed by atoms with Crippen LogP contribution in [0.15, 0.2) is 36.4 Å². The number of rotatable bonds is 5. The zero-order valence-corrected chi connectivity index (χ0v) is 13.0. The van der Waals surface area contributed by atoms with Gasteiger partial charge in [-0.2, -0.15) is 0 Å². The van der Waals surface area contributed by atoms with Crippen LogP contribution in [0.2, 0.25) is 0 Å². The second-order valence-electron chi connectivity index (χ2n) is 5.07. The lowest BCUT2D eigenvalue weighted by molar-refractivity contribution is 0.247. The molecule has 0 heterocycles. The molecule has 4 nitrogen and oxygen atoms in total. The normalized spacial score (nSPS) is 10.3. The van der Waals surface area contributed by atoms with Crippen molar-refractivity contribution in [1.82, 2.24) is 5.32 Å². The fourth-order valence-corrected chi connectivity index (χ4v) is 2.07. The smallest absolute Gasteiger partial charge is 0.319 e. The van der Waals surface area contributed by atoms with E-state index in [9.17, 15) is 13.6 Å². The number of anilines is 1. The number of nitrogens with one attached hydrogen (secondary N) is 2. The number of carbonyl (C=O) groups excluding carboxylic acids is 1. The molecule has 0 aliphatic rings. The van der Waals surface area contributed by atoms with E-state index in [2.05, 4.69) is 10.6 Å². The average molecular weight is 320 g/mol. The van der Waals surface area contributed by atoms with Gasteiger partial charge in [-0.05, 0) is 37.1 Å². The number of carbonyl (C=O) groups is 1. The first-order chi connectivity index (χ1) is 11.0. The standard InChI is InChI=1S/C17H18F2N2O2/c1-11-4-3-5-12(2)16(11)21-17(22)20-8-9-23-13-6-7-14(18)15(19)10-13/h3-7,10H,8-9H2,1-2H3,(H2,20,21,22). The summed E-state index contributed by atoms with van der Waals surface area (Å²) in [6.45, 7) is 4.20. The highest BCUT2D eigenvalue weighted by Crippen LogP contribution is 2.19. The van der Waals surface area contributed by atoms with E-state index in [1.54, 1.807) is 0 Å². The first kappa shape index (κ1) is 16.7. The molecule has 0 aromatic heterocycles. The summed E-state index contributed by atoms with van der Waals surface area (Å²) in [4.78, 5) is 11.8. The van der Waals surface area contributed by atoms with E-state index in [0.717, 1.165) is 28.9 Å². The Balaban J connectivity index is 1.78. The van der Waals surface area contributed by atoms with Crippen LogP contribution in [0, 0.1) is 25.5 Å². The Labute approximate surface area is 133 Å². The molecule has 122 valence electrons. The molecule has 0 aliphatic carbocycles. The second-order valence-corrected chi connectivity index (χ2v) is 5.07. The Bertz CT molecular complexity index is 685. The van der Waals surface area contributed by atoms with Crippen LogP contribution in [-0.2, 0) is 0 Å². The molecule has 0 spiro atoms. The third-order valence-electron chi connectivity index (χ3n) is 3.27. The first-order valence-electron chi connectivity index (χ1n) is 7.16. The van der Waals surface area contributed by atoms with E-state index in [1.807, 2.05) is 32.0 Å². The van der Waals surface area contributed by atoms with E-state index in [0.29, 0.717) is 0 Å². The van der Waals surface area contributed by atoms with Crippen LogP contribution >= 0.6 is 0 Å². The predicted octanol–water partition coefficient (Wildman–Crippen LogP) is 3.78. The average Bonchev–Trinajstić information content (AvgIpc) is 2.51. The van der Waals surface area contributed by atoms with Crippen LogP contribution in [0.25, 0.3) is 0 Å². The van der Waals surface area contributed by atoms with Gasteiger partial charge in [0.15, 0.2) is 11.6 Å². The number of ether oxygens (including phenoxy) is 1. The summed E-state index contributed by atoms with van der Waals surface area (Å²) >= 11 is 0. The summed E-state index contributed by atoms with van der Waals surface area (Å²) in [5.74, 6) is -1.69. The van der Waals surface area contributed by atoms with E-state index in [1.165, 1.54) is 6.07 Å². The summed E-state index contributed by atoms with van der Waals surface area (Å²) in [6.07, 6.45) is 0. The van der Waals surface area contributed by atoms with Crippen LogP contribution < -0.4 is 15.4 Å². The molecule has 2 rings (SSSR count). The van der Waals surface area contributed by atoms with E-state index in [-0.39, 0.29) is 24.9 Å². The minimum Gasteiger partial charge on any atom is -0.492 e. The molecular weight excluding hydrogens is 302 g/mol. The Morgan fingerprint density at radius 1 is 1.09 bits per heavy atom. The maximum absolute atomic E-state index is 13.0. The van der Waals surface area contributed by atoms with E-state index < -0.39 is 11.6 Å². The molecule has 2 amide bonds. The zero-order valence-electron chi connectivity index (χ0n) is 13.0. The third-order valence-corrected chi connectivity index (χ3v) is 3.27. The van der Waals surface area contributed by atoms with E-state index >= 15 is 0 Å². The molecular formula is C17H18F2N2O2. The number of urea groups is 1. The van der Waals surface area contributed by atoms with E-state index in [4.69, 9.17) is 4.74 Å². The number of para-hydroxylation sites is 1. The topological polar surface area (TPSA) is 50.4 Å². The van der Waals surface area contributed by atoms with Gasteiger partial charge in [0.2, 0.25) is 0 Å². The van der Waals surface area contributed by atoms with Crippen molar-refractivity contribution < 1.29 is 18.3 Å². The van der Waals surface area contributed by atoms with Gasteiger partial charge in [0, 0.05) is 11.8 Å². The number of halogens is 2. The number of amides is 2. The molecule has 2 N–H and O–H groups in total. The SMILES string of the molecule is Cc1cccc(C)c1NC(=O)NCCOc1ccc(F)c(F)c1. The lowest BCUT2D eigenvalue weighted by Gasteiger charge is -2.12. The Hall–Kier alpha value is -2.63. The molecule has 2 aromatic rings. The molecule has 0 radical (unpaired) electrons. The lowest BCUT2D eigenvalue weighted by Crippen LogP contribution is -2.32. The van der Waals surface area contributed by atoms with Gasteiger partial charge in [0.25, 0.3) is 0 Å². The Kier molecular flexibility index (Phi) is 5.51. The number of hydrogen-bond donors (Lipinski definition) is 2. The van der Waals surface area contributed by atoms with Gasteiger partial charge in [-0.15, -0.1) is 0 Å². The molecule has 2 aromatic carbocycles. The van der Waals surface area contributed by atoms with Crippen LogP contribution in [-0.4, -0.2) is 19.2 Å². The summed E-state index contributed by atoms with van der Waals surface area (Å²) in [5, 5.41) is 5.42. The maximum Gasteiger partial charge on any atom is 0.319 e. The summed E-state index contributed by atoms with van der Waals surface area (Å²) in [7, 11) is 0. The molecule has 0 fully saturated rings.